The van der Waals surface area contributed by atoms with Crippen molar-refractivity contribution in [1.29, 1.82) is 0 Å². The maximum absolute atomic E-state index is 13.4. The average molecular weight is 412 g/mol. The summed E-state index contributed by atoms with van der Waals surface area (Å²) in [7, 11) is 0. The number of thiazole rings is 1. The Balaban J connectivity index is 1.71. The number of rotatable bonds is 7. The molecule has 0 aliphatic heterocycles. The van der Waals surface area contributed by atoms with E-state index in [0.717, 1.165) is 21.5 Å². The number of nitrogens with zero attached hydrogens (tertiary/aromatic N) is 1. The van der Waals surface area contributed by atoms with Gasteiger partial charge < -0.3 is 4.74 Å². The van der Waals surface area contributed by atoms with Gasteiger partial charge in [0.15, 0.2) is 5.78 Å². The van der Waals surface area contributed by atoms with Crippen molar-refractivity contribution < 1.29 is 9.53 Å². The molecule has 0 bridgehead atoms. The lowest BCUT2D eigenvalue weighted by Gasteiger charge is -2.06. The van der Waals surface area contributed by atoms with Crippen molar-refractivity contribution in [1.82, 2.24) is 4.98 Å². The maximum atomic E-state index is 13.4. The number of para-hydroxylation sites is 1. The van der Waals surface area contributed by atoms with E-state index in [4.69, 9.17) is 9.72 Å². The highest BCUT2D eigenvalue weighted by Gasteiger charge is 2.18. The largest absolute Gasteiger partial charge is 0.494 e. The molecule has 30 heavy (non-hydrogen) atoms. The molecule has 0 aliphatic rings. The molecule has 0 atom stereocenters. The van der Waals surface area contributed by atoms with Gasteiger partial charge in [0.2, 0.25) is 0 Å². The Labute approximate surface area is 180 Å². The Morgan fingerprint density at radius 1 is 0.967 bits per heavy atom. The number of carbonyl (C=O) groups excluding carboxylic acids is 1. The molecule has 0 radical (unpaired) electrons. The predicted molar refractivity (Wildman–Crippen MR) is 125 cm³/mol. The van der Waals surface area contributed by atoms with Crippen LogP contribution in [0.1, 0.15) is 27.9 Å². The SMILES string of the molecule is CCOc1ccc(C(=O)/C(=C\C=C\c2ccccc2)c2nc3ccccc3s2)cc1. The minimum Gasteiger partial charge on any atom is -0.494 e. The van der Waals surface area contributed by atoms with Gasteiger partial charge in [-0.2, -0.15) is 0 Å². The molecule has 0 aliphatic carbocycles. The van der Waals surface area contributed by atoms with Gasteiger partial charge in [0.1, 0.15) is 10.8 Å². The van der Waals surface area contributed by atoms with Crippen LogP contribution in [0.25, 0.3) is 21.9 Å². The van der Waals surface area contributed by atoms with E-state index < -0.39 is 0 Å². The highest BCUT2D eigenvalue weighted by molar-refractivity contribution is 7.19. The van der Waals surface area contributed by atoms with E-state index in [9.17, 15) is 4.79 Å². The summed E-state index contributed by atoms with van der Waals surface area (Å²) in [6, 6.07) is 25.2. The Kier molecular flexibility index (Phi) is 6.16. The van der Waals surface area contributed by atoms with Crippen molar-refractivity contribution in [2.24, 2.45) is 0 Å². The number of hydrogen-bond donors (Lipinski definition) is 0. The number of Topliss-reactive ketones (excluding diaryl/α,β-unsaturated/α-hetero) is 1. The zero-order valence-electron chi connectivity index (χ0n) is 16.6. The highest BCUT2D eigenvalue weighted by Crippen LogP contribution is 2.29. The smallest absolute Gasteiger partial charge is 0.196 e. The van der Waals surface area contributed by atoms with Crippen molar-refractivity contribution in [3.8, 4) is 5.75 Å². The van der Waals surface area contributed by atoms with E-state index in [-0.39, 0.29) is 5.78 Å². The van der Waals surface area contributed by atoms with Crippen LogP contribution in [0.15, 0.2) is 91.0 Å². The first-order valence-electron chi connectivity index (χ1n) is 9.81. The van der Waals surface area contributed by atoms with Crippen LogP contribution in [0.4, 0.5) is 0 Å². The van der Waals surface area contributed by atoms with Gasteiger partial charge in [-0.25, -0.2) is 4.98 Å². The van der Waals surface area contributed by atoms with Crippen LogP contribution in [0.2, 0.25) is 0 Å². The number of ketones is 1. The number of aromatic nitrogens is 1. The zero-order valence-corrected chi connectivity index (χ0v) is 17.4. The second-order valence-electron chi connectivity index (χ2n) is 6.62. The minimum atomic E-state index is -0.0604. The Morgan fingerprint density at radius 3 is 2.43 bits per heavy atom. The van der Waals surface area contributed by atoms with Gasteiger partial charge in [-0.3, -0.25) is 4.79 Å². The van der Waals surface area contributed by atoms with E-state index in [1.165, 1.54) is 11.3 Å². The first kappa shape index (κ1) is 19.8. The molecular formula is C26H21NO2S. The van der Waals surface area contributed by atoms with Gasteiger partial charge in [0.25, 0.3) is 0 Å². The molecule has 0 fully saturated rings. The van der Waals surface area contributed by atoms with Crippen LogP contribution in [0, 0.1) is 0 Å². The van der Waals surface area contributed by atoms with Gasteiger partial charge in [0, 0.05) is 5.56 Å². The first-order valence-corrected chi connectivity index (χ1v) is 10.6. The molecule has 4 heteroatoms. The highest BCUT2D eigenvalue weighted by atomic mass is 32.1. The van der Waals surface area contributed by atoms with Crippen LogP contribution in [0.5, 0.6) is 5.75 Å². The molecule has 1 aromatic heterocycles. The topological polar surface area (TPSA) is 39.2 Å². The number of hydrogen-bond acceptors (Lipinski definition) is 4. The number of benzene rings is 3. The molecule has 0 saturated carbocycles. The van der Waals surface area contributed by atoms with Gasteiger partial charge >= 0.3 is 0 Å². The Bertz CT molecular complexity index is 1170. The fourth-order valence-electron chi connectivity index (χ4n) is 3.08. The standard InChI is InChI=1S/C26H21NO2S/c1-2-29-21-17-15-20(16-18-21)25(28)22(12-8-11-19-9-4-3-5-10-19)26-27-23-13-6-7-14-24(23)30-26/h3-18H,2H2,1H3/b11-8+,22-12+. The second kappa shape index (κ2) is 9.33. The summed E-state index contributed by atoms with van der Waals surface area (Å²) in [6.07, 6.45) is 5.74. The fraction of sp³-hybridized carbons (Fsp3) is 0.0769. The van der Waals surface area contributed by atoms with Crippen molar-refractivity contribution >= 4 is 39.0 Å². The third-order valence-electron chi connectivity index (χ3n) is 4.55. The van der Waals surface area contributed by atoms with Gasteiger partial charge in [-0.15, -0.1) is 11.3 Å². The van der Waals surface area contributed by atoms with E-state index in [0.29, 0.717) is 22.8 Å². The van der Waals surface area contributed by atoms with E-state index in [1.54, 1.807) is 12.1 Å². The van der Waals surface area contributed by atoms with Crippen molar-refractivity contribution in [2.45, 2.75) is 6.92 Å². The van der Waals surface area contributed by atoms with Gasteiger partial charge in [-0.05, 0) is 55.0 Å². The summed E-state index contributed by atoms with van der Waals surface area (Å²) in [5.74, 6) is 0.693. The molecule has 0 unspecified atom stereocenters. The summed E-state index contributed by atoms with van der Waals surface area (Å²) in [5, 5.41) is 0.716. The summed E-state index contributed by atoms with van der Waals surface area (Å²) in [6.45, 7) is 2.53. The molecule has 4 aromatic rings. The molecule has 148 valence electrons. The number of fused-ring (bicyclic) bond motifs is 1. The van der Waals surface area contributed by atoms with Crippen molar-refractivity contribution in [3.63, 3.8) is 0 Å². The summed E-state index contributed by atoms with van der Waals surface area (Å²) < 4.78 is 6.55. The van der Waals surface area contributed by atoms with Crippen LogP contribution < -0.4 is 4.74 Å². The lowest BCUT2D eigenvalue weighted by molar-refractivity contribution is 0.105. The van der Waals surface area contributed by atoms with Crippen LogP contribution in [-0.2, 0) is 0 Å². The normalized spacial score (nSPS) is 11.8. The molecule has 0 amide bonds. The first-order chi connectivity index (χ1) is 14.7. The number of allylic oxidation sites excluding steroid dienone is 3. The van der Waals surface area contributed by atoms with E-state index in [2.05, 4.69) is 0 Å². The quantitative estimate of drug-likeness (QED) is 0.194. The molecule has 4 rings (SSSR count). The summed E-state index contributed by atoms with van der Waals surface area (Å²) in [4.78, 5) is 18.1. The summed E-state index contributed by atoms with van der Waals surface area (Å²) in [5.41, 5.74) is 3.16. The van der Waals surface area contributed by atoms with E-state index in [1.807, 2.05) is 91.9 Å². The monoisotopic (exact) mass is 411 g/mol. The van der Waals surface area contributed by atoms with Crippen molar-refractivity contribution in [3.05, 3.63) is 107 Å². The lowest BCUT2D eigenvalue weighted by Crippen LogP contribution is -2.03. The minimum absolute atomic E-state index is 0.0604. The second-order valence-corrected chi connectivity index (χ2v) is 7.65. The van der Waals surface area contributed by atoms with Gasteiger partial charge in [0.05, 0.1) is 22.4 Å². The average Bonchev–Trinajstić information content (AvgIpc) is 3.22. The number of carbonyl (C=O) groups is 1. The van der Waals surface area contributed by atoms with E-state index >= 15 is 0 Å². The predicted octanol–water partition coefficient (Wildman–Crippen LogP) is 6.67. The van der Waals surface area contributed by atoms with Crippen LogP contribution >= 0.6 is 11.3 Å². The molecule has 0 saturated heterocycles. The molecule has 1 heterocycles. The maximum Gasteiger partial charge on any atom is 0.196 e. The van der Waals surface area contributed by atoms with Crippen molar-refractivity contribution in [2.75, 3.05) is 6.61 Å². The third-order valence-corrected chi connectivity index (χ3v) is 5.62. The molecule has 0 N–H and O–H groups in total. The van der Waals surface area contributed by atoms with Crippen LogP contribution in [0.3, 0.4) is 0 Å². The van der Waals surface area contributed by atoms with Crippen LogP contribution in [-0.4, -0.2) is 17.4 Å². The zero-order chi connectivity index (χ0) is 20.8. The fourth-order valence-corrected chi connectivity index (χ4v) is 4.06. The molecule has 0 spiro atoms. The third kappa shape index (κ3) is 4.56. The Morgan fingerprint density at radius 2 is 1.70 bits per heavy atom. The molecule has 3 aromatic carbocycles. The lowest BCUT2D eigenvalue weighted by atomic mass is 10.0. The van der Waals surface area contributed by atoms with Gasteiger partial charge in [-0.1, -0.05) is 54.6 Å². The Hall–Kier alpha value is -3.50. The molecular weight excluding hydrogens is 390 g/mol. The molecule has 3 nitrogen and oxygen atoms in total. The number of ether oxygens (including phenoxy) is 1. The summed E-state index contributed by atoms with van der Waals surface area (Å²) >= 11 is 1.53.